The molecule has 3 heterocycles. The number of carbonyl (C=O) groups is 1. The summed E-state index contributed by atoms with van der Waals surface area (Å²) in [5.41, 5.74) is 0.0278. The Morgan fingerprint density at radius 1 is 1.17 bits per heavy atom. The van der Waals surface area contributed by atoms with Gasteiger partial charge in [0.25, 0.3) is 12.3 Å². The second kappa shape index (κ2) is 9.88. The van der Waals surface area contributed by atoms with E-state index in [4.69, 9.17) is 0 Å². The van der Waals surface area contributed by atoms with Gasteiger partial charge in [-0.3, -0.25) is 9.48 Å². The van der Waals surface area contributed by atoms with E-state index in [0.717, 1.165) is 51.4 Å². The van der Waals surface area contributed by atoms with E-state index in [0.29, 0.717) is 17.4 Å². The molecular formula is C24H31F2N7O2. The minimum Gasteiger partial charge on any atom is -0.391 e. The minimum absolute atomic E-state index is 0.00239. The number of aliphatic hydroxyl groups is 1. The van der Waals surface area contributed by atoms with E-state index < -0.39 is 24.1 Å². The standard InChI is InChI=1S/C24H31F2N7O2/c1-14-6-8-15(9-7-14)33-13-18(21(31-33)22(25)26)29-24(35)16-12-27-32-11-10-20(30-23(16)32)28-17-4-2-3-5-19(17)34/h10-15,17,19,22,34H,2-9H2,1H3,(H,28,30)(H,29,35)/t14?,15?,17-,19+/m0/s1. The van der Waals surface area contributed by atoms with Gasteiger partial charge in [0.05, 0.1) is 30.1 Å². The lowest BCUT2D eigenvalue weighted by atomic mass is 9.87. The van der Waals surface area contributed by atoms with Gasteiger partial charge in [0.15, 0.2) is 11.3 Å². The Bertz CT molecular complexity index is 1190. The third-order valence-corrected chi connectivity index (χ3v) is 7.25. The van der Waals surface area contributed by atoms with Gasteiger partial charge in [0, 0.05) is 12.4 Å². The van der Waals surface area contributed by atoms with Gasteiger partial charge in [-0.2, -0.15) is 10.2 Å². The molecule has 3 N–H and O–H groups in total. The number of carbonyl (C=O) groups excluding carboxylic acids is 1. The third-order valence-electron chi connectivity index (χ3n) is 7.25. The monoisotopic (exact) mass is 487 g/mol. The van der Waals surface area contributed by atoms with Gasteiger partial charge in [0.1, 0.15) is 11.4 Å². The summed E-state index contributed by atoms with van der Waals surface area (Å²) in [5, 5.41) is 24.4. The highest BCUT2D eigenvalue weighted by molar-refractivity contribution is 6.08. The van der Waals surface area contributed by atoms with Crippen LogP contribution in [0.15, 0.2) is 24.7 Å². The number of hydrogen-bond donors (Lipinski definition) is 3. The molecule has 11 heteroatoms. The zero-order chi connectivity index (χ0) is 24.5. The first-order chi connectivity index (χ1) is 16.9. The number of nitrogens with zero attached hydrogens (tertiary/aromatic N) is 5. The van der Waals surface area contributed by atoms with Crippen molar-refractivity contribution in [2.45, 2.75) is 82.9 Å². The second-order valence-electron chi connectivity index (χ2n) is 9.82. The van der Waals surface area contributed by atoms with E-state index in [2.05, 4.69) is 32.7 Å². The van der Waals surface area contributed by atoms with Crippen molar-refractivity contribution in [1.82, 2.24) is 24.4 Å². The maximum absolute atomic E-state index is 13.7. The van der Waals surface area contributed by atoms with Gasteiger partial charge in [-0.1, -0.05) is 19.8 Å². The fourth-order valence-electron chi connectivity index (χ4n) is 5.13. The summed E-state index contributed by atoms with van der Waals surface area (Å²) in [7, 11) is 0. The molecule has 0 radical (unpaired) electrons. The van der Waals surface area contributed by atoms with Crippen molar-refractivity contribution < 1.29 is 18.7 Å². The molecule has 5 rings (SSSR count). The number of anilines is 2. The lowest BCUT2D eigenvalue weighted by molar-refractivity contribution is 0.102. The van der Waals surface area contributed by atoms with Crippen LogP contribution in [0.5, 0.6) is 0 Å². The quantitative estimate of drug-likeness (QED) is 0.470. The van der Waals surface area contributed by atoms with Gasteiger partial charge in [-0.05, 0) is 50.5 Å². The second-order valence-corrected chi connectivity index (χ2v) is 9.82. The van der Waals surface area contributed by atoms with Gasteiger partial charge in [0.2, 0.25) is 0 Å². The van der Waals surface area contributed by atoms with Crippen molar-refractivity contribution in [2.75, 3.05) is 10.6 Å². The molecule has 3 aromatic rings. The largest absolute Gasteiger partial charge is 0.391 e. The van der Waals surface area contributed by atoms with Crippen LogP contribution >= 0.6 is 0 Å². The Hall–Kier alpha value is -3.08. The van der Waals surface area contributed by atoms with Crippen LogP contribution in [-0.2, 0) is 0 Å². The molecule has 0 aromatic carbocycles. The van der Waals surface area contributed by atoms with Crippen LogP contribution in [0, 0.1) is 5.92 Å². The summed E-state index contributed by atoms with van der Waals surface area (Å²) in [6, 6.07) is 1.67. The van der Waals surface area contributed by atoms with Crippen LogP contribution in [0.4, 0.5) is 20.3 Å². The van der Waals surface area contributed by atoms with E-state index in [-0.39, 0.29) is 23.3 Å². The molecule has 3 aromatic heterocycles. The van der Waals surface area contributed by atoms with Crippen LogP contribution in [0.1, 0.15) is 86.8 Å². The zero-order valence-electron chi connectivity index (χ0n) is 19.7. The van der Waals surface area contributed by atoms with E-state index in [9.17, 15) is 18.7 Å². The molecule has 188 valence electrons. The molecule has 9 nitrogen and oxygen atoms in total. The van der Waals surface area contributed by atoms with Crippen molar-refractivity contribution >= 4 is 23.1 Å². The Labute approximate surface area is 201 Å². The normalized spacial score (nSPS) is 25.2. The predicted molar refractivity (Wildman–Crippen MR) is 127 cm³/mol. The molecule has 0 saturated heterocycles. The number of alkyl halides is 2. The highest BCUT2D eigenvalue weighted by Crippen LogP contribution is 2.34. The Balaban J connectivity index is 1.36. The average molecular weight is 488 g/mol. The smallest absolute Gasteiger partial charge is 0.284 e. The lowest BCUT2D eigenvalue weighted by Crippen LogP contribution is -2.36. The highest BCUT2D eigenvalue weighted by Gasteiger charge is 2.27. The van der Waals surface area contributed by atoms with Gasteiger partial charge in [-0.15, -0.1) is 0 Å². The van der Waals surface area contributed by atoms with Crippen LogP contribution < -0.4 is 10.6 Å². The summed E-state index contributed by atoms with van der Waals surface area (Å²) in [4.78, 5) is 17.6. The summed E-state index contributed by atoms with van der Waals surface area (Å²) < 4.78 is 30.5. The summed E-state index contributed by atoms with van der Waals surface area (Å²) in [5.74, 6) is 0.561. The van der Waals surface area contributed by atoms with Crippen molar-refractivity contribution in [2.24, 2.45) is 5.92 Å². The Kier molecular flexibility index (Phi) is 6.68. The topological polar surface area (TPSA) is 109 Å². The molecule has 2 atom stereocenters. The summed E-state index contributed by atoms with van der Waals surface area (Å²) in [6.45, 7) is 2.19. The zero-order valence-corrected chi connectivity index (χ0v) is 19.7. The number of aliphatic hydroxyl groups excluding tert-OH is 1. The van der Waals surface area contributed by atoms with Gasteiger partial charge < -0.3 is 15.7 Å². The molecule has 35 heavy (non-hydrogen) atoms. The number of aromatic nitrogens is 5. The molecule has 0 bridgehead atoms. The fourth-order valence-corrected chi connectivity index (χ4v) is 5.13. The summed E-state index contributed by atoms with van der Waals surface area (Å²) >= 11 is 0. The molecule has 0 spiro atoms. The Morgan fingerprint density at radius 2 is 1.94 bits per heavy atom. The molecule has 1 amide bonds. The molecule has 0 aliphatic heterocycles. The van der Waals surface area contributed by atoms with E-state index in [1.165, 1.54) is 16.9 Å². The van der Waals surface area contributed by atoms with Crippen LogP contribution in [0.25, 0.3) is 5.65 Å². The number of hydrogen-bond acceptors (Lipinski definition) is 6. The van der Waals surface area contributed by atoms with E-state index in [1.54, 1.807) is 16.9 Å². The van der Waals surface area contributed by atoms with Crippen LogP contribution in [0.3, 0.4) is 0 Å². The number of fused-ring (bicyclic) bond motifs is 1. The molecule has 0 unspecified atom stereocenters. The van der Waals surface area contributed by atoms with Crippen molar-refractivity contribution in [3.63, 3.8) is 0 Å². The molecular weight excluding hydrogens is 456 g/mol. The van der Waals surface area contributed by atoms with Crippen LogP contribution in [-0.4, -0.2) is 47.5 Å². The SMILES string of the molecule is CC1CCC(n2cc(NC(=O)c3cnn4ccc(N[C@H]5CCCC[C@H]5O)nc34)c(C(F)F)n2)CC1. The molecule has 2 aliphatic carbocycles. The first-order valence-electron chi connectivity index (χ1n) is 12.4. The Morgan fingerprint density at radius 3 is 2.69 bits per heavy atom. The van der Waals surface area contributed by atoms with Gasteiger partial charge in [-0.25, -0.2) is 18.3 Å². The summed E-state index contributed by atoms with van der Waals surface area (Å²) in [6.07, 6.45) is 8.68. The number of amides is 1. The maximum atomic E-state index is 13.7. The minimum atomic E-state index is -2.81. The van der Waals surface area contributed by atoms with Gasteiger partial charge >= 0.3 is 0 Å². The van der Waals surface area contributed by atoms with Crippen molar-refractivity contribution in [3.8, 4) is 0 Å². The van der Waals surface area contributed by atoms with Crippen LogP contribution in [0.2, 0.25) is 0 Å². The number of nitrogens with one attached hydrogen (secondary N) is 2. The highest BCUT2D eigenvalue weighted by atomic mass is 19.3. The van der Waals surface area contributed by atoms with E-state index >= 15 is 0 Å². The maximum Gasteiger partial charge on any atom is 0.284 e. The predicted octanol–water partition coefficient (Wildman–Crippen LogP) is 4.58. The first-order valence-corrected chi connectivity index (χ1v) is 12.4. The molecule has 2 saturated carbocycles. The van der Waals surface area contributed by atoms with Crippen molar-refractivity contribution in [3.05, 3.63) is 35.9 Å². The number of rotatable bonds is 6. The lowest BCUT2D eigenvalue weighted by Gasteiger charge is -2.28. The third kappa shape index (κ3) is 5.00. The van der Waals surface area contributed by atoms with E-state index in [1.807, 2.05) is 0 Å². The average Bonchev–Trinajstić information content (AvgIpc) is 3.45. The number of halogens is 2. The molecule has 2 fully saturated rings. The van der Waals surface area contributed by atoms with Crippen molar-refractivity contribution in [1.29, 1.82) is 0 Å². The fraction of sp³-hybridized carbons (Fsp3) is 0.583. The molecule has 2 aliphatic rings. The first kappa shape index (κ1) is 23.7.